The van der Waals surface area contributed by atoms with Gasteiger partial charge < -0.3 is 10.6 Å². The van der Waals surface area contributed by atoms with Gasteiger partial charge in [0, 0.05) is 43.7 Å². The van der Waals surface area contributed by atoms with Gasteiger partial charge in [-0.15, -0.1) is 24.8 Å². The van der Waals surface area contributed by atoms with E-state index in [1.54, 1.807) is 0 Å². The third-order valence-corrected chi connectivity index (χ3v) is 7.36. The van der Waals surface area contributed by atoms with E-state index in [-0.39, 0.29) is 36.3 Å². The number of carbonyl (C=O) groups is 1. The van der Waals surface area contributed by atoms with Gasteiger partial charge in [-0.05, 0) is 56.9 Å². The molecule has 3 aliphatic rings. The van der Waals surface area contributed by atoms with Crippen LogP contribution in [0.5, 0.6) is 0 Å². The fraction of sp³-hybridized carbons (Fsp3) is 0.696. The highest BCUT2D eigenvalue weighted by molar-refractivity contribution is 5.85. The number of benzene rings is 1. The maximum atomic E-state index is 13.3. The van der Waals surface area contributed by atoms with Gasteiger partial charge in [-0.3, -0.25) is 9.69 Å². The fourth-order valence-electron chi connectivity index (χ4n) is 5.72. The molecule has 0 aromatic heterocycles. The normalized spacial score (nSPS) is 31.3. The minimum atomic E-state index is 0. The molecule has 2 atom stereocenters. The lowest BCUT2D eigenvalue weighted by Crippen LogP contribution is -2.61. The quantitative estimate of drug-likeness (QED) is 0.767. The summed E-state index contributed by atoms with van der Waals surface area (Å²) < 4.78 is 0. The molecule has 1 heterocycles. The third kappa shape index (κ3) is 5.28. The van der Waals surface area contributed by atoms with Gasteiger partial charge in [-0.25, -0.2) is 0 Å². The van der Waals surface area contributed by atoms with Gasteiger partial charge in [0.1, 0.15) is 0 Å². The van der Waals surface area contributed by atoms with Gasteiger partial charge >= 0.3 is 0 Å². The van der Waals surface area contributed by atoms with Gasteiger partial charge in [-0.2, -0.15) is 0 Å². The zero-order valence-electron chi connectivity index (χ0n) is 17.8. The van der Waals surface area contributed by atoms with Crippen LogP contribution in [0.1, 0.15) is 51.5 Å². The molecular formula is C23H37Cl2N3O. The minimum absolute atomic E-state index is 0. The van der Waals surface area contributed by atoms with E-state index in [2.05, 4.69) is 54.0 Å². The van der Waals surface area contributed by atoms with E-state index in [0.29, 0.717) is 23.8 Å². The summed E-state index contributed by atoms with van der Waals surface area (Å²) in [5.74, 6) is 1.74. The topological polar surface area (TPSA) is 49.6 Å². The van der Waals surface area contributed by atoms with Crippen molar-refractivity contribution in [2.75, 3.05) is 19.6 Å². The van der Waals surface area contributed by atoms with Crippen LogP contribution in [0, 0.1) is 17.8 Å². The van der Waals surface area contributed by atoms with E-state index >= 15 is 0 Å². The summed E-state index contributed by atoms with van der Waals surface area (Å²) in [4.78, 5) is 18.0. The van der Waals surface area contributed by atoms with Crippen LogP contribution >= 0.6 is 24.8 Å². The first kappa shape index (κ1) is 24.5. The second-order valence-electron chi connectivity index (χ2n) is 9.68. The summed E-state index contributed by atoms with van der Waals surface area (Å²) >= 11 is 0. The molecule has 2 saturated carbocycles. The lowest BCUT2D eigenvalue weighted by Gasteiger charge is -2.49. The predicted octanol–water partition coefficient (Wildman–Crippen LogP) is 4.11. The summed E-state index contributed by atoms with van der Waals surface area (Å²) in [5, 5.41) is 0. The van der Waals surface area contributed by atoms with Crippen molar-refractivity contribution in [2.24, 2.45) is 23.5 Å². The Morgan fingerprint density at radius 3 is 2.28 bits per heavy atom. The third-order valence-electron chi connectivity index (χ3n) is 7.36. The average Bonchev–Trinajstić information content (AvgIpc) is 2.63. The van der Waals surface area contributed by atoms with Crippen LogP contribution in [-0.4, -0.2) is 46.9 Å². The van der Waals surface area contributed by atoms with Gasteiger partial charge in [0.05, 0.1) is 0 Å². The van der Waals surface area contributed by atoms with Crippen molar-refractivity contribution < 1.29 is 4.79 Å². The summed E-state index contributed by atoms with van der Waals surface area (Å²) in [6.07, 6.45) is 5.77. The number of hydrogen-bond donors (Lipinski definition) is 1. The average molecular weight is 442 g/mol. The molecule has 1 aliphatic heterocycles. The number of rotatable bonds is 3. The monoisotopic (exact) mass is 441 g/mol. The van der Waals surface area contributed by atoms with Crippen molar-refractivity contribution in [2.45, 2.75) is 64.1 Å². The summed E-state index contributed by atoms with van der Waals surface area (Å²) in [5.41, 5.74) is 7.78. The van der Waals surface area contributed by atoms with Crippen molar-refractivity contribution in [3.8, 4) is 0 Å². The van der Waals surface area contributed by atoms with Crippen LogP contribution in [0.4, 0.5) is 0 Å². The van der Waals surface area contributed by atoms with Crippen molar-refractivity contribution in [3.63, 3.8) is 0 Å². The first-order valence-electron chi connectivity index (χ1n) is 10.8. The highest BCUT2D eigenvalue weighted by atomic mass is 35.5. The zero-order valence-corrected chi connectivity index (χ0v) is 19.4. The number of hydrogen-bond acceptors (Lipinski definition) is 3. The van der Waals surface area contributed by atoms with E-state index in [4.69, 9.17) is 5.73 Å². The molecule has 4 nitrogen and oxygen atoms in total. The molecule has 6 heteroatoms. The minimum Gasteiger partial charge on any atom is -0.339 e. The molecule has 1 amide bonds. The standard InChI is InChI=1S/C23H35N3O.2ClH/c1-23(2)16-25(11-12-26(23)15-17-7-4-3-5-8-17)22(27)20-13-18-9-6-10-19(14-20)21(18)24;;/h3-5,7-8,18-21H,6,9-16,24H2,1-2H3;2*1H. The van der Waals surface area contributed by atoms with Crippen LogP contribution < -0.4 is 5.73 Å². The van der Waals surface area contributed by atoms with E-state index < -0.39 is 0 Å². The first-order chi connectivity index (χ1) is 12.9. The van der Waals surface area contributed by atoms with Crippen molar-refractivity contribution in [3.05, 3.63) is 35.9 Å². The smallest absolute Gasteiger partial charge is 0.225 e. The molecule has 1 aromatic rings. The Labute approximate surface area is 188 Å². The molecule has 3 fully saturated rings. The predicted molar refractivity (Wildman–Crippen MR) is 124 cm³/mol. The summed E-state index contributed by atoms with van der Waals surface area (Å²) in [6, 6.07) is 11.0. The van der Waals surface area contributed by atoms with Gasteiger partial charge in [-0.1, -0.05) is 36.8 Å². The zero-order chi connectivity index (χ0) is 19.0. The maximum Gasteiger partial charge on any atom is 0.225 e. The van der Waals surface area contributed by atoms with E-state index in [0.717, 1.165) is 39.0 Å². The largest absolute Gasteiger partial charge is 0.339 e. The molecular weight excluding hydrogens is 405 g/mol. The Morgan fingerprint density at radius 2 is 1.69 bits per heavy atom. The van der Waals surface area contributed by atoms with Gasteiger partial charge in [0.2, 0.25) is 5.91 Å². The van der Waals surface area contributed by atoms with Crippen LogP contribution in [0.2, 0.25) is 0 Å². The van der Waals surface area contributed by atoms with E-state index in [9.17, 15) is 4.79 Å². The fourth-order valence-corrected chi connectivity index (χ4v) is 5.72. The molecule has 1 aromatic carbocycles. The molecule has 2 bridgehead atoms. The van der Waals surface area contributed by atoms with Crippen LogP contribution in [0.3, 0.4) is 0 Å². The highest BCUT2D eigenvalue weighted by Crippen LogP contribution is 2.42. The molecule has 2 N–H and O–H groups in total. The Hall–Kier alpha value is -0.810. The molecule has 0 spiro atoms. The summed E-state index contributed by atoms with van der Waals surface area (Å²) in [6.45, 7) is 8.15. The number of carbonyl (C=O) groups excluding carboxylic acids is 1. The number of halogens is 2. The lowest BCUT2D eigenvalue weighted by molar-refractivity contribution is -0.144. The van der Waals surface area contributed by atoms with Crippen molar-refractivity contribution in [1.82, 2.24) is 9.80 Å². The maximum absolute atomic E-state index is 13.3. The second kappa shape index (κ2) is 10.00. The lowest BCUT2D eigenvalue weighted by atomic mass is 9.65. The SMILES string of the molecule is CC1(C)CN(C(=O)C2CC3CCCC(C2)C3N)CCN1Cc1ccccc1.Cl.Cl. The van der Waals surface area contributed by atoms with Crippen molar-refractivity contribution in [1.29, 1.82) is 0 Å². The molecule has 164 valence electrons. The Balaban J connectivity index is 0.00000150. The Bertz CT molecular complexity index is 655. The van der Waals surface area contributed by atoms with Gasteiger partial charge in [0.15, 0.2) is 0 Å². The number of nitrogens with two attached hydrogens (primary N) is 1. The van der Waals surface area contributed by atoms with Gasteiger partial charge in [0.25, 0.3) is 0 Å². The molecule has 2 aliphatic carbocycles. The number of piperazine rings is 1. The Morgan fingerprint density at radius 1 is 1.07 bits per heavy atom. The molecule has 29 heavy (non-hydrogen) atoms. The summed E-state index contributed by atoms with van der Waals surface area (Å²) in [7, 11) is 0. The second-order valence-corrected chi connectivity index (χ2v) is 9.68. The van der Waals surface area contributed by atoms with Crippen LogP contribution in [0.25, 0.3) is 0 Å². The first-order valence-corrected chi connectivity index (χ1v) is 10.8. The van der Waals surface area contributed by atoms with Crippen LogP contribution in [-0.2, 0) is 11.3 Å². The molecule has 1 saturated heterocycles. The molecule has 2 unspecified atom stereocenters. The number of amides is 1. The molecule has 0 radical (unpaired) electrons. The van der Waals surface area contributed by atoms with Crippen molar-refractivity contribution >= 4 is 30.7 Å². The van der Waals surface area contributed by atoms with E-state index in [1.807, 2.05) is 0 Å². The molecule has 4 rings (SSSR count). The Kier molecular flexibility index (Phi) is 8.43. The highest BCUT2D eigenvalue weighted by Gasteiger charge is 2.43. The van der Waals surface area contributed by atoms with Crippen LogP contribution in [0.15, 0.2) is 30.3 Å². The number of nitrogens with zero attached hydrogens (tertiary/aromatic N) is 2. The number of fused-ring (bicyclic) bond motifs is 2. The van der Waals surface area contributed by atoms with E-state index in [1.165, 1.54) is 24.8 Å².